The summed E-state index contributed by atoms with van der Waals surface area (Å²) in [6.45, 7) is 2.12. The predicted molar refractivity (Wildman–Crippen MR) is 95.7 cm³/mol. The molecule has 0 radical (unpaired) electrons. The molecule has 0 aliphatic rings. The van der Waals surface area contributed by atoms with Crippen molar-refractivity contribution in [3.05, 3.63) is 68.9 Å². The van der Waals surface area contributed by atoms with Gasteiger partial charge in [-0.2, -0.15) is 0 Å². The zero-order valence-electron chi connectivity index (χ0n) is 12.6. The molecule has 0 N–H and O–H groups in total. The van der Waals surface area contributed by atoms with Crippen molar-refractivity contribution in [1.82, 2.24) is 9.97 Å². The minimum absolute atomic E-state index is 0.0848. The number of nitrogens with zero attached hydrogens (tertiary/aromatic N) is 2. The van der Waals surface area contributed by atoms with Crippen LogP contribution in [0.25, 0.3) is 10.6 Å². The van der Waals surface area contributed by atoms with E-state index in [2.05, 4.69) is 9.97 Å². The lowest BCUT2D eigenvalue weighted by Crippen LogP contribution is -2.06. The summed E-state index contributed by atoms with van der Waals surface area (Å²) in [6.07, 6.45) is 1.33. The number of carbonyl (C=O) groups excluding carboxylic acids is 1. The first-order chi connectivity index (χ1) is 11.5. The highest BCUT2D eigenvalue weighted by molar-refractivity contribution is 7.13. The number of carbonyl (C=O) groups is 1. The first-order valence-corrected chi connectivity index (χ1v) is 8.66. The predicted octanol–water partition coefficient (Wildman–Crippen LogP) is 5.18. The smallest absolute Gasteiger partial charge is 0.340 e. The zero-order valence-corrected chi connectivity index (χ0v) is 15.0. The second-order valence-corrected chi connectivity index (χ2v) is 6.71. The Morgan fingerprint density at radius 3 is 2.71 bits per heavy atom. The van der Waals surface area contributed by atoms with Crippen molar-refractivity contribution in [2.45, 2.75) is 13.5 Å². The highest BCUT2D eigenvalue weighted by Gasteiger charge is 2.12. The van der Waals surface area contributed by atoms with Gasteiger partial charge in [0.1, 0.15) is 16.8 Å². The lowest BCUT2D eigenvalue weighted by atomic mass is 10.2. The summed E-state index contributed by atoms with van der Waals surface area (Å²) in [5.41, 5.74) is 3.17. The van der Waals surface area contributed by atoms with Gasteiger partial charge in [-0.1, -0.05) is 53.0 Å². The maximum Gasteiger partial charge on any atom is 0.340 e. The van der Waals surface area contributed by atoms with Gasteiger partial charge >= 0.3 is 5.97 Å². The Morgan fingerprint density at radius 2 is 2.00 bits per heavy atom. The van der Waals surface area contributed by atoms with E-state index in [1.165, 1.54) is 29.2 Å². The number of hydrogen-bond donors (Lipinski definition) is 0. The van der Waals surface area contributed by atoms with Gasteiger partial charge in [0.05, 0.1) is 16.3 Å². The molecule has 3 aromatic rings. The summed E-state index contributed by atoms with van der Waals surface area (Å²) in [6, 6.07) is 9.54. The van der Waals surface area contributed by atoms with Crippen LogP contribution >= 0.6 is 34.5 Å². The number of aromatic nitrogens is 2. The number of halogens is 2. The molecule has 2 heterocycles. The standard InChI is InChI=1S/C17H12Cl2N2O2S/c1-10-2-4-11(5-3-10)16-21-13(9-24-16)8-23-17(22)12-6-14(18)15(19)20-7-12/h2-7,9H,8H2,1H3. The monoisotopic (exact) mass is 378 g/mol. The molecule has 3 rings (SSSR count). The molecule has 7 heteroatoms. The van der Waals surface area contributed by atoms with Crippen LogP contribution < -0.4 is 0 Å². The number of ether oxygens (including phenoxy) is 1. The van der Waals surface area contributed by atoms with Gasteiger partial charge in [0.2, 0.25) is 0 Å². The second kappa shape index (κ2) is 7.30. The highest BCUT2D eigenvalue weighted by atomic mass is 35.5. The van der Waals surface area contributed by atoms with Crippen LogP contribution in [0.5, 0.6) is 0 Å². The molecule has 0 unspecified atom stereocenters. The quantitative estimate of drug-likeness (QED) is 0.463. The van der Waals surface area contributed by atoms with Crippen molar-refractivity contribution in [3.63, 3.8) is 0 Å². The van der Waals surface area contributed by atoms with Gasteiger partial charge in [-0.15, -0.1) is 11.3 Å². The van der Waals surface area contributed by atoms with E-state index in [1.54, 1.807) is 0 Å². The molecule has 0 aliphatic heterocycles. The summed E-state index contributed by atoms with van der Waals surface area (Å²) in [5.74, 6) is -0.522. The summed E-state index contributed by atoms with van der Waals surface area (Å²) in [5, 5.41) is 3.12. The number of benzene rings is 1. The van der Waals surface area contributed by atoms with Crippen LogP contribution in [-0.4, -0.2) is 15.9 Å². The third kappa shape index (κ3) is 3.93. The van der Waals surface area contributed by atoms with Crippen molar-refractivity contribution >= 4 is 40.5 Å². The van der Waals surface area contributed by atoms with Crippen molar-refractivity contribution in [2.24, 2.45) is 0 Å². The fourth-order valence-electron chi connectivity index (χ4n) is 1.96. The summed E-state index contributed by atoms with van der Waals surface area (Å²) in [4.78, 5) is 20.3. The van der Waals surface area contributed by atoms with Crippen LogP contribution in [0, 0.1) is 6.92 Å². The third-order valence-corrected chi connectivity index (χ3v) is 4.86. The first-order valence-electron chi connectivity index (χ1n) is 7.02. The van der Waals surface area contributed by atoms with E-state index in [0.29, 0.717) is 5.69 Å². The lowest BCUT2D eigenvalue weighted by molar-refractivity contribution is 0.0468. The average molecular weight is 379 g/mol. The minimum Gasteiger partial charge on any atom is -0.456 e. The lowest BCUT2D eigenvalue weighted by Gasteiger charge is -2.03. The molecule has 0 saturated carbocycles. The number of rotatable bonds is 4. The molecule has 0 atom stereocenters. The van der Waals surface area contributed by atoms with E-state index in [0.717, 1.165) is 10.6 Å². The number of esters is 1. The van der Waals surface area contributed by atoms with Crippen LogP contribution in [0.3, 0.4) is 0 Å². The first kappa shape index (κ1) is 16.9. The topological polar surface area (TPSA) is 52.1 Å². The Bertz CT molecular complexity index is 879. The maximum atomic E-state index is 12.0. The van der Waals surface area contributed by atoms with Crippen LogP contribution in [0.2, 0.25) is 10.2 Å². The summed E-state index contributed by atoms with van der Waals surface area (Å²) < 4.78 is 5.24. The van der Waals surface area contributed by atoms with E-state index in [1.807, 2.05) is 36.6 Å². The maximum absolute atomic E-state index is 12.0. The van der Waals surface area contributed by atoms with E-state index >= 15 is 0 Å². The summed E-state index contributed by atoms with van der Waals surface area (Å²) >= 11 is 13.1. The van der Waals surface area contributed by atoms with Gasteiger partial charge in [-0.25, -0.2) is 14.8 Å². The fourth-order valence-corrected chi connectivity index (χ4v) is 3.04. The normalized spacial score (nSPS) is 10.6. The highest BCUT2D eigenvalue weighted by Crippen LogP contribution is 2.25. The summed E-state index contributed by atoms with van der Waals surface area (Å²) in [7, 11) is 0. The molecule has 4 nitrogen and oxygen atoms in total. The molecule has 1 aromatic carbocycles. The Labute approximate surface area is 153 Å². The molecular weight excluding hydrogens is 367 g/mol. The molecule has 2 aromatic heterocycles. The van der Waals surface area contributed by atoms with Crippen molar-refractivity contribution in [1.29, 1.82) is 0 Å². The molecule has 122 valence electrons. The zero-order chi connectivity index (χ0) is 17.1. The van der Waals surface area contributed by atoms with E-state index in [9.17, 15) is 4.79 Å². The van der Waals surface area contributed by atoms with Gasteiger partial charge in [0.15, 0.2) is 0 Å². The molecule has 0 fully saturated rings. The molecule has 0 saturated heterocycles. The van der Waals surface area contributed by atoms with E-state index < -0.39 is 5.97 Å². The molecule has 0 spiro atoms. The van der Waals surface area contributed by atoms with Crippen molar-refractivity contribution in [3.8, 4) is 10.6 Å². The minimum atomic E-state index is -0.522. The SMILES string of the molecule is Cc1ccc(-c2nc(COC(=O)c3cnc(Cl)c(Cl)c3)cs2)cc1. The second-order valence-electron chi connectivity index (χ2n) is 5.08. The number of pyridine rings is 1. The molecule has 0 aliphatic carbocycles. The fraction of sp³-hybridized carbons (Fsp3) is 0.118. The van der Waals surface area contributed by atoms with Crippen LogP contribution in [0.15, 0.2) is 41.9 Å². The van der Waals surface area contributed by atoms with Crippen LogP contribution in [-0.2, 0) is 11.3 Å². The van der Waals surface area contributed by atoms with E-state index in [4.69, 9.17) is 27.9 Å². The van der Waals surface area contributed by atoms with Gasteiger partial charge in [-0.05, 0) is 13.0 Å². The molecule has 0 bridgehead atoms. The molecule has 24 heavy (non-hydrogen) atoms. The Hall–Kier alpha value is -1.95. The van der Waals surface area contributed by atoms with Gasteiger partial charge in [0, 0.05) is 17.1 Å². The Morgan fingerprint density at radius 1 is 1.25 bits per heavy atom. The van der Waals surface area contributed by atoms with Crippen molar-refractivity contribution in [2.75, 3.05) is 0 Å². The number of thiazole rings is 1. The van der Waals surface area contributed by atoms with Crippen molar-refractivity contribution < 1.29 is 9.53 Å². The van der Waals surface area contributed by atoms with Gasteiger partial charge < -0.3 is 4.74 Å². The average Bonchev–Trinajstić information content (AvgIpc) is 3.05. The third-order valence-electron chi connectivity index (χ3n) is 3.23. The van der Waals surface area contributed by atoms with Gasteiger partial charge in [-0.3, -0.25) is 0 Å². The largest absolute Gasteiger partial charge is 0.456 e. The molecule has 0 amide bonds. The Balaban J connectivity index is 1.65. The van der Waals surface area contributed by atoms with E-state index in [-0.39, 0.29) is 22.3 Å². The van der Waals surface area contributed by atoms with Crippen LogP contribution in [0.4, 0.5) is 0 Å². The van der Waals surface area contributed by atoms with Crippen LogP contribution in [0.1, 0.15) is 21.6 Å². The molecular formula is C17H12Cl2N2O2S. The van der Waals surface area contributed by atoms with Gasteiger partial charge in [0.25, 0.3) is 0 Å². The Kier molecular flexibility index (Phi) is 5.14. The number of hydrogen-bond acceptors (Lipinski definition) is 5. The number of aryl methyl sites for hydroxylation is 1.